The highest BCUT2D eigenvalue weighted by Crippen LogP contribution is 2.40. The van der Waals surface area contributed by atoms with Gasteiger partial charge in [-0.2, -0.15) is 0 Å². The van der Waals surface area contributed by atoms with Gasteiger partial charge in [0.1, 0.15) is 16.9 Å². The number of carbonyl (C=O) groups is 2. The Bertz CT molecular complexity index is 1250. The van der Waals surface area contributed by atoms with E-state index in [1.807, 2.05) is 24.3 Å². The number of amides is 3. The molecule has 2 heterocycles. The number of hydrogen-bond acceptors (Lipinski definition) is 5. The van der Waals surface area contributed by atoms with Gasteiger partial charge in [0.15, 0.2) is 0 Å². The molecule has 7 nitrogen and oxygen atoms in total. The van der Waals surface area contributed by atoms with Crippen LogP contribution in [0.2, 0.25) is 0 Å². The molecule has 0 bridgehead atoms. The molecule has 1 aliphatic carbocycles. The first-order valence-corrected chi connectivity index (χ1v) is 9.85. The molecular weight excluding hydrogens is 384 g/mol. The first-order chi connectivity index (χ1) is 14.5. The van der Waals surface area contributed by atoms with E-state index in [4.69, 9.17) is 9.15 Å². The van der Waals surface area contributed by atoms with Gasteiger partial charge in [-0.3, -0.25) is 9.69 Å². The number of aryl methyl sites for hydroxylation is 1. The molecule has 30 heavy (non-hydrogen) atoms. The van der Waals surface area contributed by atoms with Gasteiger partial charge in [0.2, 0.25) is 0 Å². The number of hydrogen-bond donors (Lipinski definition) is 1. The minimum atomic E-state index is -1.04. The fourth-order valence-corrected chi connectivity index (χ4v) is 4.59. The van der Waals surface area contributed by atoms with E-state index in [2.05, 4.69) is 5.32 Å². The Morgan fingerprint density at radius 1 is 1.13 bits per heavy atom. The smallest absolute Gasteiger partial charge is 0.336 e. The Hall–Kier alpha value is -3.61. The quantitative estimate of drug-likeness (QED) is 0.535. The third-order valence-electron chi connectivity index (χ3n) is 6.02. The fourth-order valence-electron chi connectivity index (χ4n) is 4.59. The van der Waals surface area contributed by atoms with Gasteiger partial charge in [-0.1, -0.05) is 24.3 Å². The van der Waals surface area contributed by atoms with Crippen LogP contribution in [0.25, 0.3) is 11.0 Å². The number of nitrogens with one attached hydrogen (secondary N) is 1. The Labute approximate surface area is 172 Å². The molecule has 5 rings (SSSR count). The highest BCUT2D eigenvalue weighted by Gasteiger charge is 2.53. The summed E-state index contributed by atoms with van der Waals surface area (Å²) in [6.45, 7) is -0.0109. The molecule has 1 fully saturated rings. The molecule has 2 aliphatic rings. The fraction of sp³-hybridized carbons (Fsp3) is 0.261. The molecule has 152 valence electrons. The monoisotopic (exact) mass is 404 g/mol. The Balaban J connectivity index is 1.55. The van der Waals surface area contributed by atoms with Crippen molar-refractivity contribution >= 4 is 22.9 Å². The lowest BCUT2D eigenvalue weighted by Gasteiger charge is -2.33. The molecule has 3 aromatic rings. The minimum Gasteiger partial charge on any atom is -0.497 e. The van der Waals surface area contributed by atoms with Crippen molar-refractivity contribution < 1.29 is 18.7 Å². The predicted octanol–water partition coefficient (Wildman–Crippen LogP) is 3.09. The lowest BCUT2D eigenvalue weighted by Crippen LogP contribution is -2.46. The zero-order valence-electron chi connectivity index (χ0n) is 16.4. The van der Waals surface area contributed by atoms with Crippen molar-refractivity contribution in [2.75, 3.05) is 7.11 Å². The molecule has 1 saturated heterocycles. The second kappa shape index (κ2) is 6.73. The topological polar surface area (TPSA) is 88.9 Å². The average Bonchev–Trinajstić information content (AvgIpc) is 2.98. The summed E-state index contributed by atoms with van der Waals surface area (Å²) in [4.78, 5) is 39.7. The first-order valence-electron chi connectivity index (χ1n) is 9.85. The van der Waals surface area contributed by atoms with Gasteiger partial charge in [-0.15, -0.1) is 0 Å². The van der Waals surface area contributed by atoms with Gasteiger partial charge < -0.3 is 14.5 Å². The number of rotatable bonds is 3. The van der Waals surface area contributed by atoms with E-state index in [1.165, 1.54) is 18.1 Å². The number of benzene rings is 2. The second-order valence-electron chi connectivity index (χ2n) is 7.69. The minimum absolute atomic E-state index is 0.0109. The van der Waals surface area contributed by atoms with E-state index >= 15 is 0 Å². The maximum absolute atomic E-state index is 13.5. The van der Waals surface area contributed by atoms with Crippen LogP contribution in [-0.2, 0) is 23.3 Å². The van der Waals surface area contributed by atoms with Crippen molar-refractivity contribution in [3.8, 4) is 5.75 Å². The molecule has 3 amide bonds. The van der Waals surface area contributed by atoms with Crippen LogP contribution in [-0.4, -0.2) is 23.9 Å². The predicted molar refractivity (Wildman–Crippen MR) is 109 cm³/mol. The molecular formula is C23H20N2O5. The molecule has 1 aliphatic heterocycles. The van der Waals surface area contributed by atoms with Crippen LogP contribution < -0.4 is 15.7 Å². The third-order valence-corrected chi connectivity index (χ3v) is 6.02. The lowest BCUT2D eigenvalue weighted by atomic mass is 9.76. The van der Waals surface area contributed by atoms with E-state index in [9.17, 15) is 14.4 Å². The van der Waals surface area contributed by atoms with Gasteiger partial charge in [0.05, 0.1) is 13.7 Å². The normalized spacial score (nSPS) is 20.5. The summed E-state index contributed by atoms with van der Waals surface area (Å²) in [6.07, 6.45) is 2.25. The summed E-state index contributed by atoms with van der Waals surface area (Å²) in [7, 11) is 1.53. The van der Waals surface area contributed by atoms with Gasteiger partial charge in [0.25, 0.3) is 5.91 Å². The number of urea groups is 1. The van der Waals surface area contributed by atoms with Crippen LogP contribution in [0, 0.1) is 0 Å². The lowest BCUT2D eigenvalue weighted by molar-refractivity contribution is -0.132. The van der Waals surface area contributed by atoms with E-state index in [1.54, 1.807) is 18.2 Å². The Kier molecular flexibility index (Phi) is 4.13. The number of fused-ring (bicyclic) bond motifs is 3. The standard InChI is InChI=1S/C23H20N2O5/c1-29-16-8-9-17-15(11-20(26)30-19(17)12-16)13-25-21(27)23(24-22(25)28)10-4-6-14-5-2-3-7-18(14)23/h2-3,5,7-9,11-12H,4,6,10,13H2,1H3,(H,24,28). The van der Waals surface area contributed by atoms with Crippen molar-refractivity contribution in [1.82, 2.24) is 10.2 Å². The van der Waals surface area contributed by atoms with Crippen LogP contribution in [0.15, 0.2) is 57.7 Å². The van der Waals surface area contributed by atoms with Crippen molar-refractivity contribution in [3.63, 3.8) is 0 Å². The molecule has 0 saturated carbocycles. The zero-order chi connectivity index (χ0) is 20.9. The number of carbonyl (C=O) groups excluding carboxylic acids is 2. The highest BCUT2D eigenvalue weighted by molar-refractivity contribution is 6.08. The summed E-state index contributed by atoms with van der Waals surface area (Å²) in [5.41, 5.74) is 1.26. The van der Waals surface area contributed by atoms with Crippen LogP contribution >= 0.6 is 0 Å². The zero-order valence-corrected chi connectivity index (χ0v) is 16.4. The van der Waals surface area contributed by atoms with Gasteiger partial charge in [-0.05, 0) is 48.1 Å². The molecule has 2 aromatic carbocycles. The van der Waals surface area contributed by atoms with E-state index in [0.717, 1.165) is 24.0 Å². The first kappa shape index (κ1) is 18.4. The third kappa shape index (κ3) is 2.69. The molecule has 1 spiro atoms. The number of imide groups is 1. The van der Waals surface area contributed by atoms with Gasteiger partial charge in [-0.25, -0.2) is 9.59 Å². The number of methoxy groups -OCH3 is 1. The second-order valence-corrected chi connectivity index (χ2v) is 7.69. The van der Waals surface area contributed by atoms with Crippen molar-refractivity contribution in [2.45, 2.75) is 31.3 Å². The SMILES string of the molecule is COc1ccc2c(CN3C(=O)NC4(CCCc5ccccc54)C3=O)cc(=O)oc2c1. The summed E-state index contributed by atoms with van der Waals surface area (Å²) >= 11 is 0. The average molecular weight is 404 g/mol. The summed E-state index contributed by atoms with van der Waals surface area (Å²) in [5, 5.41) is 3.60. The molecule has 1 N–H and O–H groups in total. The van der Waals surface area contributed by atoms with Crippen LogP contribution in [0.3, 0.4) is 0 Å². The summed E-state index contributed by atoms with van der Waals surface area (Å²) in [6, 6.07) is 13.7. The largest absolute Gasteiger partial charge is 0.497 e. The maximum Gasteiger partial charge on any atom is 0.336 e. The van der Waals surface area contributed by atoms with E-state index in [0.29, 0.717) is 28.7 Å². The molecule has 1 atom stereocenters. The molecule has 1 unspecified atom stereocenters. The molecule has 7 heteroatoms. The van der Waals surface area contributed by atoms with Crippen molar-refractivity contribution in [2.24, 2.45) is 0 Å². The Morgan fingerprint density at radius 3 is 2.80 bits per heavy atom. The number of ether oxygens (including phenoxy) is 1. The van der Waals surface area contributed by atoms with Crippen LogP contribution in [0.1, 0.15) is 29.5 Å². The molecule has 0 radical (unpaired) electrons. The van der Waals surface area contributed by atoms with Crippen molar-refractivity contribution in [3.05, 3.63) is 75.6 Å². The Morgan fingerprint density at radius 2 is 1.97 bits per heavy atom. The van der Waals surface area contributed by atoms with E-state index < -0.39 is 17.2 Å². The summed E-state index contributed by atoms with van der Waals surface area (Å²) < 4.78 is 10.5. The van der Waals surface area contributed by atoms with Crippen LogP contribution in [0.4, 0.5) is 4.79 Å². The van der Waals surface area contributed by atoms with Crippen molar-refractivity contribution in [1.29, 1.82) is 0 Å². The molecule has 1 aromatic heterocycles. The van der Waals surface area contributed by atoms with E-state index in [-0.39, 0.29) is 12.5 Å². The van der Waals surface area contributed by atoms with Gasteiger partial charge in [0, 0.05) is 17.5 Å². The van der Waals surface area contributed by atoms with Gasteiger partial charge >= 0.3 is 11.7 Å². The maximum atomic E-state index is 13.5. The number of nitrogens with zero attached hydrogens (tertiary/aromatic N) is 1. The van der Waals surface area contributed by atoms with Crippen LogP contribution in [0.5, 0.6) is 5.75 Å². The summed E-state index contributed by atoms with van der Waals surface area (Å²) in [5.74, 6) is 0.269. The highest BCUT2D eigenvalue weighted by atomic mass is 16.5.